The summed E-state index contributed by atoms with van der Waals surface area (Å²) >= 11 is 0. The summed E-state index contributed by atoms with van der Waals surface area (Å²) in [4.78, 5) is 12.9. The standard InChI is InChI=1S/C14H13N.HNO3/c1-2-7-12-11(5-1)6-3-8-13(12)14-9-4-10-15-14;2-1(3)4/h1-3,5-8H,4,9-10H2;(H,2,3,4). The van der Waals surface area contributed by atoms with Crippen LogP contribution in [0.3, 0.4) is 0 Å². The van der Waals surface area contributed by atoms with Crippen LogP contribution >= 0.6 is 0 Å². The molecule has 0 bridgehead atoms. The van der Waals surface area contributed by atoms with Gasteiger partial charge in [-0.05, 0) is 23.6 Å². The molecule has 0 saturated carbocycles. The van der Waals surface area contributed by atoms with Gasteiger partial charge in [-0.3, -0.25) is 4.99 Å². The zero-order chi connectivity index (χ0) is 13.7. The molecule has 1 aliphatic rings. The van der Waals surface area contributed by atoms with E-state index in [-0.39, 0.29) is 0 Å². The van der Waals surface area contributed by atoms with E-state index in [0.717, 1.165) is 13.0 Å². The largest absolute Gasteiger partial charge is 0.328 e. The Labute approximate surface area is 110 Å². The van der Waals surface area contributed by atoms with Crippen LogP contribution in [-0.2, 0) is 0 Å². The molecule has 0 unspecified atom stereocenters. The second-order valence-corrected chi connectivity index (χ2v) is 4.20. The lowest BCUT2D eigenvalue weighted by Gasteiger charge is -2.05. The third kappa shape index (κ3) is 3.28. The van der Waals surface area contributed by atoms with Crippen LogP contribution in [0.1, 0.15) is 18.4 Å². The van der Waals surface area contributed by atoms with Gasteiger partial charge in [0.05, 0.1) is 0 Å². The van der Waals surface area contributed by atoms with E-state index in [1.807, 2.05) is 0 Å². The van der Waals surface area contributed by atoms with Gasteiger partial charge in [0.2, 0.25) is 0 Å². The van der Waals surface area contributed by atoms with Crippen molar-refractivity contribution in [2.45, 2.75) is 12.8 Å². The van der Waals surface area contributed by atoms with Gasteiger partial charge in [-0.2, -0.15) is 0 Å². The SMILES string of the molecule is O=[N+]([O-])O.c1ccc2c(C3=NCCC3)cccc2c1. The molecule has 0 radical (unpaired) electrons. The molecule has 19 heavy (non-hydrogen) atoms. The van der Waals surface area contributed by atoms with E-state index < -0.39 is 5.09 Å². The highest BCUT2D eigenvalue weighted by atomic mass is 16.9. The molecule has 0 fully saturated rings. The smallest absolute Gasteiger partial charge is 0.291 e. The number of rotatable bonds is 1. The Morgan fingerprint density at radius 2 is 1.84 bits per heavy atom. The summed E-state index contributed by atoms with van der Waals surface area (Å²) in [7, 11) is 0. The molecule has 98 valence electrons. The number of hydrogen-bond acceptors (Lipinski definition) is 3. The minimum atomic E-state index is -1.50. The van der Waals surface area contributed by atoms with Gasteiger partial charge in [0, 0.05) is 17.8 Å². The molecular weight excluding hydrogens is 244 g/mol. The van der Waals surface area contributed by atoms with Crippen molar-refractivity contribution in [2.75, 3.05) is 6.54 Å². The van der Waals surface area contributed by atoms with Crippen molar-refractivity contribution >= 4 is 16.5 Å². The third-order valence-electron chi connectivity index (χ3n) is 2.97. The van der Waals surface area contributed by atoms with Crippen molar-refractivity contribution in [1.82, 2.24) is 0 Å². The molecule has 0 aliphatic carbocycles. The first-order valence-electron chi connectivity index (χ1n) is 6.03. The van der Waals surface area contributed by atoms with Crippen LogP contribution in [-0.4, -0.2) is 22.6 Å². The lowest BCUT2D eigenvalue weighted by atomic mass is 10.00. The zero-order valence-corrected chi connectivity index (χ0v) is 10.3. The lowest BCUT2D eigenvalue weighted by molar-refractivity contribution is -0.742. The van der Waals surface area contributed by atoms with Crippen LogP contribution in [0.15, 0.2) is 47.5 Å². The number of hydrogen-bond donors (Lipinski definition) is 1. The molecular formula is C14H14N2O3. The van der Waals surface area contributed by atoms with E-state index in [9.17, 15) is 0 Å². The first kappa shape index (κ1) is 13.0. The number of fused-ring (bicyclic) bond motifs is 1. The Balaban J connectivity index is 0.000000297. The van der Waals surface area contributed by atoms with Gasteiger partial charge in [-0.15, -0.1) is 10.1 Å². The van der Waals surface area contributed by atoms with Crippen LogP contribution < -0.4 is 0 Å². The topological polar surface area (TPSA) is 75.7 Å². The molecule has 1 aliphatic heterocycles. The molecule has 0 saturated heterocycles. The summed E-state index contributed by atoms with van der Waals surface area (Å²) in [6, 6.07) is 15.0. The van der Waals surface area contributed by atoms with Gasteiger partial charge < -0.3 is 5.21 Å². The fourth-order valence-electron chi connectivity index (χ4n) is 2.24. The van der Waals surface area contributed by atoms with Gasteiger partial charge in [-0.25, -0.2) is 0 Å². The van der Waals surface area contributed by atoms with Crippen molar-refractivity contribution in [3.63, 3.8) is 0 Å². The summed E-state index contributed by atoms with van der Waals surface area (Å²) < 4.78 is 0. The van der Waals surface area contributed by atoms with Crippen molar-refractivity contribution in [3.8, 4) is 0 Å². The second kappa shape index (κ2) is 5.95. The van der Waals surface area contributed by atoms with E-state index >= 15 is 0 Å². The maximum absolute atomic E-state index is 8.36. The van der Waals surface area contributed by atoms with E-state index in [2.05, 4.69) is 47.5 Å². The monoisotopic (exact) mass is 258 g/mol. The maximum Gasteiger partial charge on any atom is 0.291 e. The van der Waals surface area contributed by atoms with Gasteiger partial charge >= 0.3 is 0 Å². The quantitative estimate of drug-likeness (QED) is 0.630. The first-order chi connectivity index (χ1) is 9.18. The summed E-state index contributed by atoms with van der Waals surface area (Å²) in [6.07, 6.45) is 2.34. The average molecular weight is 258 g/mol. The van der Waals surface area contributed by atoms with Crippen molar-refractivity contribution in [2.24, 2.45) is 4.99 Å². The predicted molar refractivity (Wildman–Crippen MR) is 73.4 cm³/mol. The van der Waals surface area contributed by atoms with Gasteiger partial charge in [-0.1, -0.05) is 42.5 Å². The van der Waals surface area contributed by atoms with Gasteiger partial charge in [0.25, 0.3) is 5.09 Å². The molecule has 1 N–H and O–H groups in total. The highest BCUT2D eigenvalue weighted by Gasteiger charge is 2.10. The number of nitrogens with zero attached hydrogens (tertiary/aromatic N) is 2. The van der Waals surface area contributed by atoms with E-state index in [1.165, 1.54) is 28.5 Å². The Hall–Kier alpha value is -2.43. The molecule has 0 aromatic heterocycles. The maximum atomic E-state index is 8.36. The van der Waals surface area contributed by atoms with Crippen molar-refractivity contribution < 1.29 is 10.3 Å². The highest BCUT2D eigenvalue weighted by Crippen LogP contribution is 2.22. The zero-order valence-electron chi connectivity index (χ0n) is 10.3. The summed E-state index contributed by atoms with van der Waals surface area (Å²) in [5, 5.41) is 16.3. The minimum absolute atomic E-state index is 0.999. The van der Waals surface area contributed by atoms with Crippen molar-refractivity contribution in [1.29, 1.82) is 0 Å². The minimum Gasteiger partial charge on any atom is -0.328 e. The van der Waals surface area contributed by atoms with Crippen LogP contribution in [0, 0.1) is 10.1 Å². The van der Waals surface area contributed by atoms with Crippen LogP contribution in [0.2, 0.25) is 0 Å². The lowest BCUT2D eigenvalue weighted by Crippen LogP contribution is -1.96. The normalized spacial score (nSPS) is 13.6. The molecule has 2 aromatic rings. The Morgan fingerprint density at radius 1 is 1.16 bits per heavy atom. The van der Waals surface area contributed by atoms with Crippen molar-refractivity contribution in [3.05, 3.63) is 58.1 Å². The van der Waals surface area contributed by atoms with E-state index in [4.69, 9.17) is 15.3 Å². The fourth-order valence-corrected chi connectivity index (χ4v) is 2.24. The van der Waals surface area contributed by atoms with E-state index in [1.54, 1.807) is 0 Å². The molecule has 0 amide bonds. The van der Waals surface area contributed by atoms with Gasteiger partial charge in [0.1, 0.15) is 0 Å². The van der Waals surface area contributed by atoms with Gasteiger partial charge in [0.15, 0.2) is 0 Å². The molecule has 1 heterocycles. The summed E-state index contributed by atoms with van der Waals surface area (Å²) in [6.45, 7) is 0.999. The Kier molecular flexibility index (Phi) is 4.07. The van der Waals surface area contributed by atoms with E-state index in [0.29, 0.717) is 0 Å². The molecule has 2 aromatic carbocycles. The predicted octanol–water partition coefficient (Wildman–Crippen LogP) is 3.08. The van der Waals surface area contributed by atoms with Crippen LogP contribution in [0.4, 0.5) is 0 Å². The summed E-state index contributed by atoms with van der Waals surface area (Å²) in [5.41, 5.74) is 2.61. The summed E-state index contributed by atoms with van der Waals surface area (Å²) in [5.74, 6) is 0. The molecule has 5 nitrogen and oxygen atoms in total. The molecule has 3 rings (SSSR count). The average Bonchev–Trinajstić information content (AvgIpc) is 2.91. The highest BCUT2D eigenvalue weighted by molar-refractivity contribution is 6.11. The number of aliphatic imine (C=N–C) groups is 1. The third-order valence-corrected chi connectivity index (χ3v) is 2.97. The fraction of sp³-hybridized carbons (Fsp3) is 0.214. The van der Waals surface area contributed by atoms with Crippen LogP contribution in [0.5, 0.6) is 0 Å². The number of benzene rings is 2. The molecule has 5 heteroatoms. The molecule has 0 atom stereocenters. The Bertz CT molecular complexity index is 614. The Morgan fingerprint density at radius 3 is 2.53 bits per heavy atom. The molecule has 0 spiro atoms. The second-order valence-electron chi connectivity index (χ2n) is 4.20. The first-order valence-corrected chi connectivity index (χ1v) is 6.03. The van der Waals surface area contributed by atoms with Crippen LogP contribution in [0.25, 0.3) is 10.8 Å².